The first-order valence-electron chi connectivity index (χ1n) is 8.98. The van der Waals surface area contributed by atoms with Crippen LogP contribution in [0.4, 0.5) is 0 Å². The molecular formula is C23H22N2O. The number of carbonyl (C=O) groups excluding carboxylic acids is 1. The van der Waals surface area contributed by atoms with Gasteiger partial charge < -0.3 is 5.73 Å². The van der Waals surface area contributed by atoms with Crippen molar-refractivity contribution < 1.29 is 4.79 Å². The van der Waals surface area contributed by atoms with Gasteiger partial charge in [0.25, 0.3) is 0 Å². The molecule has 1 heterocycles. The van der Waals surface area contributed by atoms with Gasteiger partial charge in [-0.05, 0) is 34.2 Å². The van der Waals surface area contributed by atoms with E-state index in [1.807, 2.05) is 36.4 Å². The van der Waals surface area contributed by atoms with Crippen LogP contribution >= 0.6 is 0 Å². The predicted molar refractivity (Wildman–Crippen MR) is 104 cm³/mol. The molecule has 1 atom stereocenters. The second-order valence-corrected chi connectivity index (χ2v) is 6.79. The molecule has 0 bridgehead atoms. The quantitative estimate of drug-likeness (QED) is 0.781. The minimum absolute atomic E-state index is 0.280. The Morgan fingerprint density at radius 1 is 0.885 bits per heavy atom. The summed E-state index contributed by atoms with van der Waals surface area (Å²) in [4.78, 5) is 14.3. The average molecular weight is 342 g/mol. The lowest BCUT2D eigenvalue weighted by atomic mass is 9.91. The number of fused-ring (bicyclic) bond motifs is 1. The number of hydrogen-bond donors (Lipinski definition) is 1. The first kappa shape index (κ1) is 16.6. The van der Waals surface area contributed by atoms with E-state index in [0.717, 1.165) is 25.1 Å². The van der Waals surface area contributed by atoms with Crippen LogP contribution < -0.4 is 5.73 Å². The molecule has 0 aromatic heterocycles. The third-order valence-electron chi connectivity index (χ3n) is 5.10. The van der Waals surface area contributed by atoms with E-state index in [0.29, 0.717) is 0 Å². The number of nitrogens with zero attached hydrogens (tertiary/aromatic N) is 1. The number of primary amides is 1. The summed E-state index contributed by atoms with van der Waals surface area (Å²) >= 11 is 0. The second kappa shape index (κ2) is 7.14. The zero-order valence-corrected chi connectivity index (χ0v) is 14.6. The van der Waals surface area contributed by atoms with Crippen molar-refractivity contribution >= 4 is 5.91 Å². The second-order valence-electron chi connectivity index (χ2n) is 6.79. The maximum Gasteiger partial charge on any atom is 0.239 e. The molecule has 1 amide bonds. The highest BCUT2D eigenvalue weighted by Crippen LogP contribution is 2.31. The van der Waals surface area contributed by atoms with Gasteiger partial charge >= 0.3 is 0 Å². The Morgan fingerprint density at radius 3 is 2.27 bits per heavy atom. The first-order valence-corrected chi connectivity index (χ1v) is 8.98. The minimum Gasteiger partial charge on any atom is -0.368 e. The van der Waals surface area contributed by atoms with Crippen molar-refractivity contribution in [3.05, 3.63) is 95.6 Å². The van der Waals surface area contributed by atoms with Crippen LogP contribution in [0.2, 0.25) is 0 Å². The zero-order chi connectivity index (χ0) is 17.9. The fourth-order valence-corrected chi connectivity index (χ4v) is 3.79. The Hall–Kier alpha value is -2.91. The molecule has 1 aliphatic rings. The molecule has 0 saturated carbocycles. The van der Waals surface area contributed by atoms with Gasteiger partial charge in [-0.1, -0.05) is 78.9 Å². The minimum atomic E-state index is -0.353. The molecule has 0 fully saturated rings. The van der Waals surface area contributed by atoms with Gasteiger partial charge in [0, 0.05) is 13.1 Å². The van der Waals surface area contributed by atoms with Crippen molar-refractivity contribution in [2.24, 2.45) is 5.73 Å². The third kappa shape index (κ3) is 3.26. The van der Waals surface area contributed by atoms with Gasteiger partial charge in [0.05, 0.1) is 0 Å². The molecule has 3 aromatic rings. The fourth-order valence-electron chi connectivity index (χ4n) is 3.79. The van der Waals surface area contributed by atoms with E-state index >= 15 is 0 Å². The van der Waals surface area contributed by atoms with Crippen LogP contribution in [0.25, 0.3) is 11.1 Å². The summed E-state index contributed by atoms with van der Waals surface area (Å²) in [5.74, 6) is -0.280. The molecule has 3 nitrogen and oxygen atoms in total. The lowest BCUT2D eigenvalue weighted by molar-refractivity contribution is -0.124. The van der Waals surface area contributed by atoms with E-state index in [1.54, 1.807) is 0 Å². The molecule has 0 saturated heterocycles. The van der Waals surface area contributed by atoms with Gasteiger partial charge in [0.2, 0.25) is 5.91 Å². The van der Waals surface area contributed by atoms with Crippen molar-refractivity contribution in [1.82, 2.24) is 4.90 Å². The Balaban J connectivity index is 1.56. The SMILES string of the molecule is NC(=O)C1c2ccccc2CCN1Cc1ccc(-c2ccccc2)cc1. The molecule has 0 radical (unpaired) electrons. The Labute approximate surface area is 154 Å². The molecule has 0 spiro atoms. The van der Waals surface area contributed by atoms with Gasteiger partial charge in [-0.15, -0.1) is 0 Å². The van der Waals surface area contributed by atoms with Crippen LogP contribution in [0.3, 0.4) is 0 Å². The molecule has 26 heavy (non-hydrogen) atoms. The number of benzene rings is 3. The maximum absolute atomic E-state index is 12.1. The molecule has 1 aliphatic heterocycles. The first-order chi connectivity index (χ1) is 12.7. The number of amides is 1. The Kier molecular flexibility index (Phi) is 4.55. The molecule has 130 valence electrons. The van der Waals surface area contributed by atoms with E-state index in [2.05, 4.69) is 47.4 Å². The van der Waals surface area contributed by atoms with Gasteiger partial charge in [-0.2, -0.15) is 0 Å². The molecular weight excluding hydrogens is 320 g/mol. The highest BCUT2D eigenvalue weighted by atomic mass is 16.1. The molecule has 3 aromatic carbocycles. The summed E-state index contributed by atoms with van der Waals surface area (Å²) in [6.45, 7) is 1.56. The zero-order valence-electron chi connectivity index (χ0n) is 14.6. The molecule has 2 N–H and O–H groups in total. The standard InChI is InChI=1S/C23H22N2O/c24-23(26)22-21-9-5-4-8-20(21)14-15-25(22)16-17-10-12-19(13-11-17)18-6-2-1-3-7-18/h1-13,22H,14-16H2,(H2,24,26). The van der Waals surface area contributed by atoms with Crippen LogP contribution in [0, 0.1) is 0 Å². The molecule has 4 rings (SSSR count). The lowest BCUT2D eigenvalue weighted by Gasteiger charge is -2.35. The van der Waals surface area contributed by atoms with E-state index in [1.165, 1.54) is 22.3 Å². The topological polar surface area (TPSA) is 46.3 Å². The van der Waals surface area contributed by atoms with Crippen molar-refractivity contribution in [3.63, 3.8) is 0 Å². The van der Waals surface area contributed by atoms with E-state index in [-0.39, 0.29) is 11.9 Å². The summed E-state index contributed by atoms with van der Waals surface area (Å²) in [7, 11) is 0. The van der Waals surface area contributed by atoms with Gasteiger partial charge in [0.1, 0.15) is 6.04 Å². The third-order valence-corrected chi connectivity index (χ3v) is 5.10. The lowest BCUT2D eigenvalue weighted by Crippen LogP contribution is -2.42. The smallest absolute Gasteiger partial charge is 0.239 e. The van der Waals surface area contributed by atoms with Crippen molar-refractivity contribution in [1.29, 1.82) is 0 Å². The number of rotatable bonds is 4. The van der Waals surface area contributed by atoms with Crippen LogP contribution in [-0.4, -0.2) is 17.4 Å². The summed E-state index contributed by atoms with van der Waals surface area (Å²) < 4.78 is 0. The molecule has 0 aliphatic carbocycles. The van der Waals surface area contributed by atoms with Gasteiger partial charge in [-0.3, -0.25) is 9.69 Å². The monoisotopic (exact) mass is 342 g/mol. The summed E-state index contributed by atoms with van der Waals surface area (Å²) in [5.41, 5.74) is 11.6. The Morgan fingerprint density at radius 2 is 1.54 bits per heavy atom. The highest BCUT2D eigenvalue weighted by Gasteiger charge is 2.31. The normalized spacial score (nSPS) is 16.8. The van der Waals surface area contributed by atoms with Crippen molar-refractivity contribution in [3.8, 4) is 11.1 Å². The van der Waals surface area contributed by atoms with E-state index < -0.39 is 0 Å². The van der Waals surface area contributed by atoms with E-state index in [9.17, 15) is 4.79 Å². The number of nitrogens with two attached hydrogens (primary N) is 1. The summed E-state index contributed by atoms with van der Waals surface area (Å²) in [6, 6.07) is 26.7. The fraction of sp³-hybridized carbons (Fsp3) is 0.174. The van der Waals surface area contributed by atoms with Crippen LogP contribution in [0.1, 0.15) is 22.7 Å². The summed E-state index contributed by atoms with van der Waals surface area (Å²) in [5, 5.41) is 0. The average Bonchev–Trinajstić information content (AvgIpc) is 2.69. The molecule has 1 unspecified atom stereocenters. The number of carbonyl (C=O) groups is 1. The highest BCUT2D eigenvalue weighted by molar-refractivity contribution is 5.82. The van der Waals surface area contributed by atoms with Gasteiger partial charge in [-0.25, -0.2) is 0 Å². The van der Waals surface area contributed by atoms with Gasteiger partial charge in [0.15, 0.2) is 0 Å². The van der Waals surface area contributed by atoms with Crippen LogP contribution in [-0.2, 0) is 17.8 Å². The summed E-state index contributed by atoms with van der Waals surface area (Å²) in [6.07, 6.45) is 0.946. The maximum atomic E-state index is 12.1. The van der Waals surface area contributed by atoms with Crippen LogP contribution in [0.15, 0.2) is 78.9 Å². The number of hydrogen-bond acceptors (Lipinski definition) is 2. The van der Waals surface area contributed by atoms with E-state index in [4.69, 9.17) is 5.73 Å². The van der Waals surface area contributed by atoms with Crippen molar-refractivity contribution in [2.45, 2.75) is 19.0 Å². The predicted octanol–water partition coefficient (Wildman–Crippen LogP) is 3.94. The molecule has 3 heteroatoms. The largest absolute Gasteiger partial charge is 0.368 e. The van der Waals surface area contributed by atoms with Crippen molar-refractivity contribution in [2.75, 3.05) is 6.54 Å². The van der Waals surface area contributed by atoms with Crippen LogP contribution in [0.5, 0.6) is 0 Å². The Bertz CT molecular complexity index is 903.